The Morgan fingerprint density at radius 3 is 2.00 bits per heavy atom. The first-order chi connectivity index (χ1) is 32.0. The zero-order valence-corrected chi connectivity index (χ0v) is 40.4. The Hall–Kier alpha value is -6.06. The van der Waals surface area contributed by atoms with Crippen molar-refractivity contribution in [3.8, 4) is 0 Å². The van der Waals surface area contributed by atoms with Crippen LogP contribution in [0, 0.1) is 18.6 Å². The van der Waals surface area contributed by atoms with Gasteiger partial charge in [-0.25, -0.2) is 18.7 Å². The SMILES string of the molecule is CC.CC.CN1CCN(c2nc(NCc3nc4c(F)c(F)ccc4[nH]3)n3ncc(Br)c3n2)CC1.Cc1ccc2nc(CNc3nc(N4CC(C)NC(C)C4)nc4c(C5CC5)cnn34)[nH]c2c1. The van der Waals surface area contributed by atoms with E-state index in [0.717, 1.165) is 78.3 Å². The minimum Gasteiger partial charge on any atom is -0.347 e. The molecule has 0 amide bonds. The molecular formula is C45H59BrF2N18. The van der Waals surface area contributed by atoms with Crippen molar-refractivity contribution in [2.45, 2.75) is 92.4 Å². The number of H-pyrrole nitrogens is 2. The molecule has 21 heteroatoms. The zero-order valence-electron chi connectivity index (χ0n) is 38.8. The molecule has 2 aromatic carbocycles. The summed E-state index contributed by atoms with van der Waals surface area (Å²) in [4.78, 5) is 41.1. The van der Waals surface area contributed by atoms with Gasteiger partial charge in [-0.15, -0.1) is 0 Å². The molecule has 8 aromatic rings. The molecule has 8 heterocycles. The first-order valence-corrected chi connectivity index (χ1v) is 23.7. The highest BCUT2D eigenvalue weighted by Crippen LogP contribution is 2.42. The average molecular weight is 970 g/mol. The second-order valence-corrected chi connectivity index (χ2v) is 17.4. The lowest BCUT2D eigenvalue weighted by Crippen LogP contribution is -2.54. The van der Waals surface area contributed by atoms with Gasteiger partial charge in [0.05, 0.1) is 46.5 Å². The van der Waals surface area contributed by atoms with Crippen molar-refractivity contribution in [2.24, 2.45) is 0 Å². The number of aromatic nitrogens is 12. The minimum atomic E-state index is -0.965. The van der Waals surface area contributed by atoms with Gasteiger partial charge in [0.25, 0.3) is 0 Å². The summed E-state index contributed by atoms with van der Waals surface area (Å²) in [5, 5.41) is 19.2. The van der Waals surface area contributed by atoms with Gasteiger partial charge in [-0.2, -0.15) is 39.2 Å². The maximum absolute atomic E-state index is 13.9. The Morgan fingerprint density at radius 2 is 1.32 bits per heavy atom. The average Bonchev–Trinajstić information content (AvgIpc) is 3.59. The largest absolute Gasteiger partial charge is 0.347 e. The van der Waals surface area contributed by atoms with E-state index >= 15 is 0 Å². The number of aryl methyl sites for hydroxylation is 1. The first kappa shape index (κ1) is 46.5. The summed E-state index contributed by atoms with van der Waals surface area (Å²) < 4.78 is 31.6. The lowest BCUT2D eigenvalue weighted by molar-refractivity contribution is 0.311. The topological polar surface area (TPSA) is 189 Å². The Balaban J connectivity index is 0.000000167. The fraction of sp³-hybridized carbons (Fsp3) is 0.467. The minimum absolute atomic E-state index is 0.0282. The van der Waals surface area contributed by atoms with E-state index in [2.05, 4.69) is 122 Å². The maximum atomic E-state index is 13.9. The van der Waals surface area contributed by atoms with Gasteiger partial charge in [0.2, 0.25) is 23.8 Å². The Morgan fingerprint density at radius 1 is 0.712 bits per heavy atom. The number of piperazine rings is 2. The van der Waals surface area contributed by atoms with E-state index in [1.54, 1.807) is 10.7 Å². The smallest absolute Gasteiger partial charge is 0.230 e. The number of halogens is 3. The van der Waals surface area contributed by atoms with Crippen LogP contribution in [0.2, 0.25) is 0 Å². The highest BCUT2D eigenvalue weighted by Gasteiger charge is 2.30. The zero-order chi connectivity index (χ0) is 46.6. The van der Waals surface area contributed by atoms with E-state index in [1.807, 2.05) is 44.5 Å². The third-order valence-corrected chi connectivity index (χ3v) is 12.0. The van der Waals surface area contributed by atoms with Crippen LogP contribution >= 0.6 is 15.9 Å². The predicted octanol–water partition coefficient (Wildman–Crippen LogP) is 7.44. The predicted molar refractivity (Wildman–Crippen MR) is 259 cm³/mol. The molecule has 6 aromatic heterocycles. The molecule has 1 aliphatic carbocycles. The molecule has 11 rings (SSSR count). The van der Waals surface area contributed by atoms with Gasteiger partial charge in [-0.3, -0.25) is 0 Å². The second kappa shape index (κ2) is 20.2. The molecule has 5 N–H and O–H groups in total. The van der Waals surface area contributed by atoms with Gasteiger partial charge in [-0.05, 0) is 92.3 Å². The van der Waals surface area contributed by atoms with Crippen LogP contribution in [-0.4, -0.2) is 122 Å². The van der Waals surface area contributed by atoms with E-state index in [9.17, 15) is 8.78 Å². The maximum Gasteiger partial charge on any atom is 0.230 e. The van der Waals surface area contributed by atoms with Gasteiger partial charge in [0.15, 0.2) is 22.9 Å². The molecule has 2 aliphatic heterocycles. The molecule has 1 saturated carbocycles. The molecule has 2 atom stereocenters. The normalized spacial score (nSPS) is 17.6. The molecule has 3 fully saturated rings. The van der Waals surface area contributed by atoms with Crippen LogP contribution in [0.15, 0.2) is 47.2 Å². The van der Waals surface area contributed by atoms with Crippen LogP contribution in [-0.2, 0) is 13.1 Å². The molecule has 0 radical (unpaired) electrons. The summed E-state index contributed by atoms with van der Waals surface area (Å²) in [6.07, 6.45) is 6.04. The number of hydrogen-bond acceptors (Lipinski definition) is 14. The monoisotopic (exact) mass is 968 g/mol. The van der Waals surface area contributed by atoms with Gasteiger partial charge in [0.1, 0.15) is 17.2 Å². The highest BCUT2D eigenvalue weighted by molar-refractivity contribution is 9.10. The Labute approximate surface area is 390 Å². The number of likely N-dealkylation sites (N-methyl/N-ethyl adjacent to an activating group) is 1. The van der Waals surface area contributed by atoms with Crippen molar-refractivity contribution in [3.05, 3.63) is 81.6 Å². The summed E-state index contributed by atoms with van der Waals surface area (Å²) in [6, 6.07) is 9.57. The molecular weight excluding hydrogens is 911 g/mol. The number of anilines is 4. The van der Waals surface area contributed by atoms with Gasteiger partial charge >= 0.3 is 0 Å². The molecule has 2 saturated heterocycles. The number of fused-ring (bicyclic) bond motifs is 4. The molecule has 0 bridgehead atoms. The first-order valence-electron chi connectivity index (χ1n) is 22.9. The van der Waals surface area contributed by atoms with Crippen molar-refractivity contribution >= 4 is 73.1 Å². The fourth-order valence-electron chi connectivity index (χ4n) is 8.15. The standard InChI is InChI=1S/C23H29N9.C18H18BrF2N9.2C2H6/c1-13-4-7-18-19(8-13)28-20(27-18)10-24-22-30-23(31-11-14(2)26-15(3)12-31)29-21-17(16-5-6-16)9-25-32(21)22;1-28-4-6-29(7-5-28)18-26-16-10(19)8-23-30(16)17(27-18)22-9-13-24-12-3-2-11(20)14(21)15(12)25-13;2*1-2/h4,7-9,14-16,26H,5-6,10-12H2,1-3H3,(H,27,28)(H,24,29,30);2-3,8H,4-7,9H2,1H3,(H,24,25)(H,22,26,27);2*1-2H3. The lowest BCUT2D eigenvalue weighted by Gasteiger charge is -2.36. The van der Waals surface area contributed by atoms with Crippen LogP contribution in [0.5, 0.6) is 0 Å². The Bertz CT molecular complexity index is 2900. The fourth-order valence-corrected chi connectivity index (χ4v) is 8.50. The van der Waals surface area contributed by atoms with E-state index in [4.69, 9.17) is 15.0 Å². The number of nitrogens with zero attached hydrogens (tertiary/aromatic N) is 13. The molecule has 66 heavy (non-hydrogen) atoms. The van der Waals surface area contributed by atoms with Gasteiger partial charge < -0.3 is 40.6 Å². The summed E-state index contributed by atoms with van der Waals surface area (Å²) in [6.45, 7) is 20.5. The van der Waals surface area contributed by atoms with Crippen LogP contribution < -0.4 is 25.8 Å². The van der Waals surface area contributed by atoms with Gasteiger partial charge in [-0.1, -0.05) is 33.8 Å². The molecule has 2 unspecified atom stereocenters. The van der Waals surface area contributed by atoms with E-state index in [1.165, 1.54) is 30.0 Å². The number of benzene rings is 2. The third kappa shape index (κ3) is 10.0. The molecule has 3 aliphatic rings. The summed E-state index contributed by atoms with van der Waals surface area (Å²) in [5.41, 5.74) is 6.42. The van der Waals surface area contributed by atoms with E-state index < -0.39 is 11.6 Å². The van der Waals surface area contributed by atoms with Crippen LogP contribution in [0.25, 0.3) is 33.4 Å². The third-order valence-electron chi connectivity index (χ3n) is 11.4. The summed E-state index contributed by atoms with van der Waals surface area (Å²) in [7, 11) is 2.09. The number of nitrogens with one attached hydrogen (secondary N) is 5. The molecule has 350 valence electrons. The van der Waals surface area contributed by atoms with Crippen molar-refractivity contribution in [2.75, 3.05) is 66.7 Å². The number of aromatic amines is 2. The summed E-state index contributed by atoms with van der Waals surface area (Å²) in [5.74, 6) is 2.56. The van der Waals surface area contributed by atoms with Crippen LogP contribution in [0.3, 0.4) is 0 Å². The highest BCUT2D eigenvalue weighted by atomic mass is 79.9. The van der Waals surface area contributed by atoms with Crippen LogP contribution in [0.4, 0.5) is 32.6 Å². The lowest BCUT2D eigenvalue weighted by atomic mass is 10.1. The number of hydrogen-bond donors (Lipinski definition) is 5. The van der Waals surface area contributed by atoms with E-state index in [0.29, 0.717) is 59.4 Å². The van der Waals surface area contributed by atoms with Crippen molar-refractivity contribution in [3.63, 3.8) is 0 Å². The number of rotatable bonds is 9. The van der Waals surface area contributed by atoms with Crippen molar-refractivity contribution < 1.29 is 8.78 Å². The van der Waals surface area contributed by atoms with Gasteiger partial charge in [0, 0.05) is 56.9 Å². The van der Waals surface area contributed by atoms with E-state index in [-0.39, 0.29) is 12.1 Å². The summed E-state index contributed by atoms with van der Waals surface area (Å²) >= 11 is 3.48. The quantitative estimate of drug-likeness (QED) is 0.0960. The second-order valence-electron chi connectivity index (χ2n) is 16.5. The number of imidazole rings is 2. The Kier molecular flexibility index (Phi) is 14.2. The molecule has 18 nitrogen and oxygen atoms in total. The van der Waals surface area contributed by atoms with Crippen molar-refractivity contribution in [1.29, 1.82) is 0 Å². The van der Waals surface area contributed by atoms with Crippen molar-refractivity contribution in [1.82, 2.24) is 69.3 Å². The van der Waals surface area contributed by atoms with Crippen LogP contribution in [0.1, 0.15) is 83.1 Å². The molecule has 0 spiro atoms.